The molecule has 62 valence electrons. The maximum absolute atomic E-state index is 12.5. The molecule has 1 heterocycles. The van der Waals surface area contributed by atoms with Crippen molar-refractivity contribution in [2.75, 3.05) is 13.1 Å². The number of hydrogen-bond donors (Lipinski definition) is 1. The van der Waals surface area contributed by atoms with Gasteiger partial charge in [-0.2, -0.15) is 0 Å². The SMILES string of the molecule is CCC1CNCC1(F)F.Cl. The summed E-state index contributed by atoms with van der Waals surface area (Å²) in [7, 11) is 0. The summed E-state index contributed by atoms with van der Waals surface area (Å²) in [6, 6.07) is 0. The largest absolute Gasteiger partial charge is 0.311 e. The first-order chi connectivity index (χ1) is 4.17. The average molecular weight is 172 g/mol. The Morgan fingerprint density at radius 2 is 2.20 bits per heavy atom. The second-order valence-electron chi connectivity index (χ2n) is 2.50. The molecule has 1 aliphatic rings. The molecule has 1 N–H and O–H groups in total. The molecule has 10 heavy (non-hydrogen) atoms. The number of nitrogens with one attached hydrogen (secondary N) is 1. The lowest BCUT2D eigenvalue weighted by Crippen LogP contribution is -2.26. The van der Waals surface area contributed by atoms with E-state index in [1.165, 1.54) is 0 Å². The summed E-state index contributed by atoms with van der Waals surface area (Å²) in [6.07, 6.45) is 0.569. The molecular weight excluding hydrogens is 160 g/mol. The summed E-state index contributed by atoms with van der Waals surface area (Å²) in [5.74, 6) is -2.88. The summed E-state index contributed by atoms with van der Waals surface area (Å²) in [4.78, 5) is 0. The molecular formula is C6H12ClF2N. The smallest absolute Gasteiger partial charge is 0.264 e. The molecule has 1 atom stereocenters. The fourth-order valence-corrected chi connectivity index (χ4v) is 1.15. The number of alkyl halides is 2. The molecule has 0 bridgehead atoms. The van der Waals surface area contributed by atoms with Crippen LogP contribution in [0, 0.1) is 5.92 Å². The van der Waals surface area contributed by atoms with E-state index in [-0.39, 0.29) is 19.0 Å². The lowest BCUT2D eigenvalue weighted by molar-refractivity contribution is -0.0226. The third-order valence-corrected chi connectivity index (χ3v) is 1.84. The lowest BCUT2D eigenvalue weighted by atomic mass is 10.0. The molecule has 0 amide bonds. The standard InChI is InChI=1S/C6H11F2N.ClH/c1-2-5-3-9-4-6(5,7)8;/h5,9H,2-4H2,1H3;1H. The third-order valence-electron chi connectivity index (χ3n) is 1.84. The molecule has 0 aromatic rings. The molecule has 0 aliphatic carbocycles. The average Bonchev–Trinajstić information content (AvgIpc) is 2.08. The molecule has 0 spiro atoms. The first-order valence-corrected chi connectivity index (χ1v) is 3.25. The van der Waals surface area contributed by atoms with Crippen molar-refractivity contribution in [1.82, 2.24) is 5.32 Å². The van der Waals surface area contributed by atoms with E-state index in [1.54, 1.807) is 6.92 Å². The van der Waals surface area contributed by atoms with E-state index in [0.29, 0.717) is 13.0 Å². The second kappa shape index (κ2) is 3.49. The van der Waals surface area contributed by atoms with Crippen LogP contribution < -0.4 is 5.32 Å². The zero-order valence-electron chi connectivity index (χ0n) is 5.86. The van der Waals surface area contributed by atoms with Gasteiger partial charge in [-0.05, 0) is 6.42 Å². The van der Waals surface area contributed by atoms with Crippen LogP contribution in [0.3, 0.4) is 0 Å². The fourth-order valence-electron chi connectivity index (χ4n) is 1.15. The molecule has 0 radical (unpaired) electrons. The van der Waals surface area contributed by atoms with Crippen molar-refractivity contribution in [3.8, 4) is 0 Å². The van der Waals surface area contributed by atoms with E-state index in [0.717, 1.165) is 0 Å². The molecule has 0 saturated carbocycles. The number of rotatable bonds is 1. The lowest BCUT2D eigenvalue weighted by Gasteiger charge is -2.14. The van der Waals surface area contributed by atoms with E-state index in [1.807, 2.05) is 0 Å². The highest BCUT2D eigenvalue weighted by Crippen LogP contribution is 2.29. The Morgan fingerprint density at radius 3 is 2.40 bits per heavy atom. The van der Waals surface area contributed by atoms with Crippen molar-refractivity contribution in [1.29, 1.82) is 0 Å². The van der Waals surface area contributed by atoms with Crippen molar-refractivity contribution >= 4 is 12.4 Å². The Morgan fingerprint density at radius 1 is 1.60 bits per heavy atom. The molecule has 1 fully saturated rings. The summed E-state index contributed by atoms with van der Waals surface area (Å²) in [5.41, 5.74) is 0. The highest BCUT2D eigenvalue weighted by Gasteiger charge is 2.42. The van der Waals surface area contributed by atoms with Crippen molar-refractivity contribution in [2.24, 2.45) is 5.92 Å². The summed E-state index contributed by atoms with van der Waals surface area (Å²) >= 11 is 0. The predicted octanol–water partition coefficient (Wildman–Crippen LogP) is 1.67. The van der Waals surface area contributed by atoms with Gasteiger partial charge in [0.15, 0.2) is 0 Å². The van der Waals surface area contributed by atoms with Gasteiger partial charge < -0.3 is 5.32 Å². The first-order valence-electron chi connectivity index (χ1n) is 3.25. The molecule has 1 unspecified atom stereocenters. The van der Waals surface area contributed by atoms with Crippen LogP contribution in [-0.2, 0) is 0 Å². The van der Waals surface area contributed by atoms with Gasteiger partial charge in [-0.3, -0.25) is 0 Å². The van der Waals surface area contributed by atoms with Gasteiger partial charge in [0.2, 0.25) is 0 Å². The van der Waals surface area contributed by atoms with Gasteiger partial charge in [-0.15, -0.1) is 12.4 Å². The van der Waals surface area contributed by atoms with Crippen molar-refractivity contribution in [3.63, 3.8) is 0 Å². The van der Waals surface area contributed by atoms with Crippen LogP contribution in [0.25, 0.3) is 0 Å². The number of hydrogen-bond acceptors (Lipinski definition) is 1. The normalized spacial score (nSPS) is 29.7. The van der Waals surface area contributed by atoms with Gasteiger partial charge in [0.1, 0.15) is 0 Å². The van der Waals surface area contributed by atoms with E-state index in [9.17, 15) is 8.78 Å². The molecule has 0 aromatic carbocycles. The summed E-state index contributed by atoms with van der Waals surface area (Å²) in [6.45, 7) is 2.14. The van der Waals surface area contributed by atoms with Gasteiger partial charge in [-0.1, -0.05) is 6.92 Å². The van der Waals surface area contributed by atoms with Crippen molar-refractivity contribution < 1.29 is 8.78 Å². The Hall–Kier alpha value is 0.110. The topological polar surface area (TPSA) is 12.0 Å². The predicted molar refractivity (Wildman–Crippen MR) is 38.8 cm³/mol. The van der Waals surface area contributed by atoms with Crippen molar-refractivity contribution in [3.05, 3.63) is 0 Å². The van der Waals surface area contributed by atoms with Gasteiger partial charge in [0.25, 0.3) is 5.92 Å². The molecule has 1 nitrogen and oxygen atoms in total. The quantitative estimate of drug-likeness (QED) is 0.633. The Balaban J connectivity index is 0.000000810. The first kappa shape index (κ1) is 10.1. The maximum atomic E-state index is 12.5. The molecule has 1 rings (SSSR count). The van der Waals surface area contributed by atoms with Crippen LogP contribution in [0.5, 0.6) is 0 Å². The molecule has 1 aliphatic heterocycles. The van der Waals surface area contributed by atoms with Crippen LogP contribution in [0.4, 0.5) is 8.78 Å². The Bertz CT molecular complexity index is 108. The maximum Gasteiger partial charge on any atom is 0.264 e. The Labute approximate surface area is 65.6 Å². The monoisotopic (exact) mass is 171 g/mol. The van der Waals surface area contributed by atoms with E-state index in [4.69, 9.17) is 0 Å². The highest BCUT2D eigenvalue weighted by molar-refractivity contribution is 5.85. The van der Waals surface area contributed by atoms with Crippen LogP contribution in [0.1, 0.15) is 13.3 Å². The zero-order chi connectivity index (χ0) is 6.91. The molecule has 1 saturated heterocycles. The fraction of sp³-hybridized carbons (Fsp3) is 1.00. The molecule has 0 aromatic heterocycles. The number of halogens is 3. The van der Waals surface area contributed by atoms with Crippen molar-refractivity contribution in [2.45, 2.75) is 19.3 Å². The van der Waals surface area contributed by atoms with Gasteiger partial charge in [0.05, 0.1) is 6.54 Å². The van der Waals surface area contributed by atoms with E-state index < -0.39 is 11.8 Å². The van der Waals surface area contributed by atoms with Crippen LogP contribution in [-0.4, -0.2) is 19.0 Å². The van der Waals surface area contributed by atoms with Crippen LogP contribution >= 0.6 is 12.4 Å². The second-order valence-corrected chi connectivity index (χ2v) is 2.50. The van der Waals surface area contributed by atoms with Gasteiger partial charge >= 0.3 is 0 Å². The minimum Gasteiger partial charge on any atom is -0.311 e. The zero-order valence-corrected chi connectivity index (χ0v) is 6.68. The third kappa shape index (κ3) is 1.80. The van der Waals surface area contributed by atoms with E-state index >= 15 is 0 Å². The van der Waals surface area contributed by atoms with Crippen LogP contribution in [0.2, 0.25) is 0 Å². The highest BCUT2D eigenvalue weighted by atomic mass is 35.5. The molecule has 4 heteroatoms. The van der Waals surface area contributed by atoms with E-state index in [2.05, 4.69) is 5.32 Å². The van der Waals surface area contributed by atoms with Gasteiger partial charge in [-0.25, -0.2) is 8.78 Å². The minimum absolute atomic E-state index is 0. The minimum atomic E-state index is -2.45. The van der Waals surface area contributed by atoms with Crippen LogP contribution in [0.15, 0.2) is 0 Å². The Kier molecular flexibility index (Phi) is 3.52. The van der Waals surface area contributed by atoms with Gasteiger partial charge in [0, 0.05) is 12.5 Å². The summed E-state index contributed by atoms with van der Waals surface area (Å²) < 4.78 is 25.1. The summed E-state index contributed by atoms with van der Waals surface area (Å²) in [5, 5.41) is 2.66.